The van der Waals surface area contributed by atoms with Gasteiger partial charge in [0.05, 0.1) is 11.4 Å². The third-order valence-corrected chi connectivity index (χ3v) is 13.0. The minimum absolute atomic E-state index is 0. The highest BCUT2D eigenvalue weighted by Crippen LogP contribution is 2.40. The van der Waals surface area contributed by atoms with Gasteiger partial charge in [-0.25, -0.2) is 0 Å². The predicted molar refractivity (Wildman–Crippen MR) is 289 cm³/mol. The number of aromatic nitrogens is 2. The van der Waals surface area contributed by atoms with E-state index in [-0.39, 0.29) is 14.9 Å². The standard InChI is InChI=1S/C17H26.2C15H24N2.5C2H6.2CH4/c1-17(2,3)16-11-9-15(10-12-16)13-14-7-5-4-6-8-14;2*1-12-7-9-14(10-8-12)17(3)13(2)15-6-4-5-11-16-15;5*1-2;;/h4-8,15-16H,9-13H2,1-3H3;2*4-6,11-14H,7-10H2,1-3H3;5*1-2H3;2*1H4. The molecule has 0 saturated heterocycles. The summed E-state index contributed by atoms with van der Waals surface area (Å²) in [6, 6.07) is 25.7. The Hall–Kier alpha value is -2.56. The summed E-state index contributed by atoms with van der Waals surface area (Å²) in [5.74, 6) is 3.71. The molecule has 0 amide bonds. The van der Waals surface area contributed by atoms with Crippen molar-refractivity contribution in [3.63, 3.8) is 0 Å². The topological polar surface area (TPSA) is 32.3 Å². The summed E-state index contributed by atoms with van der Waals surface area (Å²) in [7, 11) is 4.50. The number of pyridine rings is 2. The lowest BCUT2D eigenvalue weighted by Crippen LogP contribution is -2.36. The summed E-state index contributed by atoms with van der Waals surface area (Å²) < 4.78 is 0. The lowest BCUT2D eigenvalue weighted by atomic mass is 9.69. The molecule has 3 saturated carbocycles. The Balaban J connectivity index is -0.000000370. The van der Waals surface area contributed by atoms with E-state index in [2.05, 4.69) is 137 Å². The van der Waals surface area contributed by atoms with Gasteiger partial charge in [-0.1, -0.05) is 161 Å². The van der Waals surface area contributed by atoms with Crippen LogP contribution in [0.25, 0.3) is 0 Å². The van der Waals surface area contributed by atoms with Crippen molar-refractivity contribution in [2.45, 2.75) is 240 Å². The number of hydrogen-bond donors (Lipinski definition) is 0. The molecule has 0 aliphatic heterocycles. The highest BCUT2D eigenvalue weighted by Gasteiger charge is 2.30. The highest BCUT2D eigenvalue weighted by molar-refractivity contribution is 5.15. The molecular formula is C59H112N4. The van der Waals surface area contributed by atoms with Gasteiger partial charge in [0.15, 0.2) is 0 Å². The Kier molecular flexibility index (Phi) is 43.5. The van der Waals surface area contributed by atoms with Crippen molar-refractivity contribution in [2.75, 3.05) is 14.1 Å². The minimum atomic E-state index is 0. The van der Waals surface area contributed by atoms with Crippen LogP contribution in [0.3, 0.4) is 0 Å². The van der Waals surface area contributed by atoms with Crippen LogP contribution in [0.4, 0.5) is 0 Å². The second kappa shape index (κ2) is 40.9. The highest BCUT2D eigenvalue weighted by atomic mass is 15.2. The van der Waals surface area contributed by atoms with Gasteiger partial charge < -0.3 is 0 Å². The molecule has 368 valence electrons. The van der Waals surface area contributed by atoms with Crippen LogP contribution < -0.4 is 0 Å². The van der Waals surface area contributed by atoms with Crippen LogP contribution in [-0.2, 0) is 6.42 Å². The molecule has 0 N–H and O–H groups in total. The van der Waals surface area contributed by atoms with Crippen LogP contribution in [0.15, 0.2) is 79.1 Å². The molecule has 2 aromatic heterocycles. The van der Waals surface area contributed by atoms with Crippen molar-refractivity contribution in [1.82, 2.24) is 19.8 Å². The Bertz CT molecular complexity index is 1250. The molecule has 0 bridgehead atoms. The fourth-order valence-electron chi connectivity index (χ4n) is 8.78. The average Bonchev–Trinajstić information content (AvgIpc) is 3.33. The lowest BCUT2D eigenvalue weighted by Gasteiger charge is -2.37. The zero-order valence-electron chi connectivity index (χ0n) is 44.1. The maximum absolute atomic E-state index is 4.47. The van der Waals surface area contributed by atoms with Crippen LogP contribution in [0, 0.1) is 29.1 Å². The Morgan fingerprint density at radius 1 is 0.492 bits per heavy atom. The molecule has 2 unspecified atom stereocenters. The number of nitrogens with zero attached hydrogens (tertiary/aromatic N) is 4. The molecule has 6 rings (SSSR count). The molecule has 3 aliphatic rings. The van der Waals surface area contributed by atoms with Crippen molar-refractivity contribution in [2.24, 2.45) is 29.1 Å². The van der Waals surface area contributed by atoms with E-state index < -0.39 is 0 Å². The lowest BCUT2D eigenvalue weighted by molar-refractivity contribution is 0.129. The first kappa shape index (κ1) is 67.0. The van der Waals surface area contributed by atoms with Gasteiger partial charge in [0.1, 0.15) is 0 Å². The van der Waals surface area contributed by atoms with Crippen molar-refractivity contribution < 1.29 is 0 Å². The Morgan fingerprint density at radius 3 is 1.13 bits per heavy atom. The molecule has 3 aromatic rings. The summed E-state index contributed by atoms with van der Waals surface area (Å²) in [4.78, 5) is 14.0. The minimum Gasteiger partial charge on any atom is -0.295 e. The Labute approximate surface area is 397 Å². The molecule has 2 atom stereocenters. The summed E-state index contributed by atoms with van der Waals surface area (Å²) in [5, 5.41) is 0. The molecule has 2 heterocycles. The van der Waals surface area contributed by atoms with Crippen LogP contribution in [0.5, 0.6) is 0 Å². The van der Waals surface area contributed by atoms with Gasteiger partial charge in [-0.2, -0.15) is 0 Å². The fraction of sp³-hybridized carbons (Fsp3) is 0.729. The first-order valence-electron chi connectivity index (χ1n) is 25.7. The molecular weight excluding hydrogens is 765 g/mol. The summed E-state index contributed by atoms with van der Waals surface area (Å²) in [5.41, 5.74) is 4.41. The molecule has 0 radical (unpaired) electrons. The maximum atomic E-state index is 4.47. The van der Waals surface area contributed by atoms with Crippen LogP contribution >= 0.6 is 0 Å². The van der Waals surface area contributed by atoms with Gasteiger partial charge >= 0.3 is 0 Å². The zero-order valence-corrected chi connectivity index (χ0v) is 44.1. The third-order valence-electron chi connectivity index (χ3n) is 13.0. The molecule has 4 heteroatoms. The summed E-state index contributed by atoms with van der Waals surface area (Å²) in [6.07, 6.45) is 21.7. The van der Waals surface area contributed by atoms with Gasteiger partial charge in [-0.15, -0.1) is 0 Å². The van der Waals surface area contributed by atoms with E-state index in [1.807, 2.05) is 93.8 Å². The van der Waals surface area contributed by atoms with Gasteiger partial charge in [0.25, 0.3) is 0 Å². The number of benzene rings is 1. The zero-order chi connectivity index (χ0) is 46.8. The van der Waals surface area contributed by atoms with Crippen LogP contribution in [-0.4, -0.2) is 45.9 Å². The molecule has 3 aliphatic carbocycles. The predicted octanol–water partition coefficient (Wildman–Crippen LogP) is 18.8. The van der Waals surface area contributed by atoms with E-state index in [0.717, 1.165) is 35.8 Å². The van der Waals surface area contributed by atoms with E-state index in [1.165, 1.54) is 100 Å². The smallest absolute Gasteiger partial charge is 0.0572 e. The van der Waals surface area contributed by atoms with E-state index in [9.17, 15) is 0 Å². The normalized spacial score (nSPS) is 22.0. The average molecular weight is 878 g/mol. The molecule has 4 nitrogen and oxygen atoms in total. The molecule has 1 aromatic carbocycles. The van der Waals surface area contributed by atoms with Crippen molar-refractivity contribution in [1.29, 1.82) is 0 Å². The van der Waals surface area contributed by atoms with Crippen molar-refractivity contribution in [3.05, 3.63) is 96.1 Å². The van der Waals surface area contributed by atoms with Gasteiger partial charge in [0.2, 0.25) is 0 Å². The largest absolute Gasteiger partial charge is 0.295 e. The van der Waals surface area contributed by atoms with Crippen molar-refractivity contribution >= 4 is 0 Å². The maximum Gasteiger partial charge on any atom is 0.0572 e. The molecule has 3 fully saturated rings. The Morgan fingerprint density at radius 2 is 0.825 bits per heavy atom. The van der Waals surface area contributed by atoms with E-state index >= 15 is 0 Å². The van der Waals surface area contributed by atoms with Gasteiger partial charge in [0, 0.05) is 36.6 Å². The third kappa shape index (κ3) is 26.9. The second-order valence-electron chi connectivity index (χ2n) is 17.8. The monoisotopic (exact) mass is 877 g/mol. The molecule has 63 heavy (non-hydrogen) atoms. The van der Waals surface area contributed by atoms with Gasteiger partial charge in [-0.3, -0.25) is 19.8 Å². The van der Waals surface area contributed by atoms with Gasteiger partial charge in [-0.05, 0) is 170 Å². The first-order valence-corrected chi connectivity index (χ1v) is 25.7. The fourth-order valence-corrected chi connectivity index (χ4v) is 8.78. The quantitative estimate of drug-likeness (QED) is 0.226. The van der Waals surface area contributed by atoms with Crippen LogP contribution in [0.2, 0.25) is 0 Å². The first-order chi connectivity index (χ1) is 29.4. The summed E-state index contributed by atoms with van der Waals surface area (Å²) >= 11 is 0. The van der Waals surface area contributed by atoms with E-state index in [4.69, 9.17) is 0 Å². The van der Waals surface area contributed by atoms with Crippen LogP contribution in [0.1, 0.15) is 239 Å². The van der Waals surface area contributed by atoms with E-state index in [1.54, 1.807) is 0 Å². The van der Waals surface area contributed by atoms with E-state index in [0.29, 0.717) is 17.5 Å². The summed E-state index contributed by atoms with van der Waals surface area (Å²) in [6.45, 7) is 36.5. The number of hydrogen-bond acceptors (Lipinski definition) is 4. The second-order valence-corrected chi connectivity index (χ2v) is 17.8. The SMILES string of the molecule is C.C.CC.CC.CC.CC.CC.CC(C)(C)C1CCC(Cc2ccccc2)CC1.CC1CCC(N(C)C(C)c2ccccn2)CC1.CC1CCC(N(C)C(C)c2ccccn2)CC1. The molecule has 0 spiro atoms. The van der Waals surface area contributed by atoms with Crippen molar-refractivity contribution in [3.8, 4) is 0 Å². The number of rotatable bonds is 8.